The van der Waals surface area contributed by atoms with Crippen molar-refractivity contribution in [2.45, 2.75) is 26.0 Å². The summed E-state index contributed by atoms with van der Waals surface area (Å²) in [5.74, 6) is -1.18. The molecule has 1 amide bonds. The molecule has 1 aromatic heterocycles. The fourth-order valence-corrected chi connectivity index (χ4v) is 2.80. The number of ether oxygens (including phenoxy) is 1. The van der Waals surface area contributed by atoms with Crippen LogP contribution in [0.2, 0.25) is 10.0 Å². The third kappa shape index (κ3) is 6.27. The summed E-state index contributed by atoms with van der Waals surface area (Å²) in [7, 11) is 0. The van der Waals surface area contributed by atoms with Gasteiger partial charge in [0, 0.05) is 22.3 Å². The predicted molar refractivity (Wildman–Crippen MR) is 104 cm³/mol. The lowest BCUT2D eigenvalue weighted by atomic mass is 10.1. The minimum atomic E-state index is -1.00. The first kappa shape index (κ1) is 20.7. The molecule has 2 N–H and O–H groups in total. The van der Waals surface area contributed by atoms with Gasteiger partial charge < -0.3 is 15.2 Å². The topological polar surface area (TPSA) is 88.5 Å². The molecule has 0 aliphatic carbocycles. The number of nitrogens with zero attached hydrogens (tertiary/aromatic N) is 1. The molecule has 0 saturated heterocycles. The maximum absolute atomic E-state index is 12.2. The summed E-state index contributed by atoms with van der Waals surface area (Å²) in [5, 5.41) is 13.0. The van der Waals surface area contributed by atoms with Gasteiger partial charge in [0.25, 0.3) is 5.91 Å². The van der Waals surface area contributed by atoms with Crippen LogP contribution in [0.1, 0.15) is 31.0 Å². The lowest BCUT2D eigenvalue weighted by Crippen LogP contribution is -2.37. The first-order valence-corrected chi connectivity index (χ1v) is 8.80. The summed E-state index contributed by atoms with van der Waals surface area (Å²) < 4.78 is 5.08. The number of nitrogens with one attached hydrogen (secondary N) is 1. The van der Waals surface area contributed by atoms with E-state index in [2.05, 4.69) is 10.3 Å². The van der Waals surface area contributed by atoms with Gasteiger partial charge in [0.05, 0.1) is 12.2 Å². The van der Waals surface area contributed by atoms with Crippen molar-refractivity contribution >= 4 is 41.2 Å². The zero-order valence-electron chi connectivity index (χ0n) is 14.6. The van der Waals surface area contributed by atoms with Crippen LogP contribution in [0.15, 0.2) is 42.7 Å². The molecule has 0 fully saturated rings. The predicted octanol–water partition coefficient (Wildman–Crippen LogP) is 3.92. The van der Waals surface area contributed by atoms with E-state index in [0.717, 1.165) is 6.08 Å². The SMILES string of the molecule is CC(OC(=O)/C=C/c1cncc(O)c1)C(=O)NC(C)c1ccc(Cl)cc1Cl. The molecule has 0 aliphatic rings. The van der Waals surface area contributed by atoms with Crippen LogP contribution in [0.5, 0.6) is 5.75 Å². The third-order valence-corrected chi connectivity index (χ3v) is 4.17. The summed E-state index contributed by atoms with van der Waals surface area (Å²) in [6.07, 6.45) is 4.32. The highest BCUT2D eigenvalue weighted by molar-refractivity contribution is 6.35. The van der Waals surface area contributed by atoms with Crippen LogP contribution >= 0.6 is 23.2 Å². The van der Waals surface area contributed by atoms with E-state index < -0.39 is 24.0 Å². The number of aromatic nitrogens is 1. The maximum atomic E-state index is 12.2. The number of hydrogen-bond donors (Lipinski definition) is 2. The van der Waals surface area contributed by atoms with Crippen LogP contribution < -0.4 is 5.32 Å². The van der Waals surface area contributed by atoms with E-state index in [0.29, 0.717) is 21.2 Å². The number of pyridine rings is 1. The van der Waals surface area contributed by atoms with E-state index in [4.69, 9.17) is 27.9 Å². The fourth-order valence-electron chi connectivity index (χ4n) is 2.23. The molecule has 2 rings (SSSR count). The van der Waals surface area contributed by atoms with Crippen molar-refractivity contribution in [3.63, 3.8) is 0 Å². The highest BCUT2D eigenvalue weighted by atomic mass is 35.5. The van der Waals surface area contributed by atoms with Gasteiger partial charge in [-0.15, -0.1) is 0 Å². The second kappa shape index (κ2) is 9.39. The van der Waals surface area contributed by atoms with Crippen molar-refractivity contribution in [1.82, 2.24) is 10.3 Å². The Labute approximate surface area is 166 Å². The number of aromatic hydroxyl groups is 1. The summed E-state index contributed by atoms with van der Waals surface area (Å²) >= 11 is 12.0. The Morgan fingerprint density at radius 1 is 1.22 bits per heavy atom. The molecule has 27 heavy (non-hydrogen) atoms. The molecule has 0 aliphatic heterocycles. The number of hydrogen-bond acceptors (Lipinski definition) is 5. The molecule has 2 atom stereocenters. The average Bonchev–Trinajstić information content (AvgIpc) is 2.59. The molecule has 0 spiro atoms. The minimum absolute atomic E-state index is 0.0203. The van der Waals surface area contributed by atoms with Gasteiger partial charge in [0.2, 0.25) is 0 Å². The van der Waals surface area contributed by atoms with Gasteiger partial charge in [-0.25, -0.2) is 4.79 Å². The largest absolute Gasteiger partial charge is 0.506 e. The Morgan fingerprint density at radius 3 is 2.63 bits per heavy atom. The molecule has 2 unspecified atom stereocenters. The number of amides is 1. The Balaban J connectivity index is 1.91. The molecular formula is C19H18Cl2N2O4. The van der Waals surface area contributed by atoms with Crippen molar-refractivity contribution in [2.24, 2.45) is 0 Å². The van der Waals surface area contributed by atoms with E-state index in [1.54, 1.807) is 25.1 Å². The molecule has 0 bridgehead atoms. The lowest BCUT2D eigenvalue weighted by Gasteiger charge is -2.19. The fraction of sp³-hybridized carbons (Fsp3) is 0.211. The van der Waals surface area contributed by atoms with Gasteiger partial charge in [-0.1, -0.05) is 29.3 Å². The number of esters is 1. The van der Waals surface area contributed by atoms with Gasteiger partial charge in [0.1, 0.15) is 5.75 Å². The molecule has 142 valence electrons. The molecule has 1 heterocycles. The molecule has 0 radical (unpaired) electrons. The van der Waals surface area contributed by atoms with Gasteiger partial charge in [-0.3, -0.25) is 9.78 Å². The van der Waals surface area contributed by atoms with Gasteiger partial charge in [0.15, 0.2) is 6.10 Å². The zero-order valence-corrected chi connectivity index (χ0v) is 16.2. The Bertz CT molecular complexity index is 871. The summed E-state index contributed by atoms with van der Waals surface area (Å²) in [6.45, 7) is 3.23. The van der Waals surface area contributed by atoms with Crippen molar-refractivity contribution in [1.29, 1.82) is 0 Å². The molecule has 8 heteroatoms. The third-order valence-electron chi connectivity index (χ3n) is 3.61. The monoisotopic (exact) mass is 408 g/mol. The molecule has 2 aromatic rings. The minimum Gasteiger partial charge on any atom is -0.506 e. The van der Waals surface area contributed by atoms with Crippen molar-refractivity contribution < 1.29 is 19.4 Å². The summed E-state index contributed by atoms with van der Waals surface area (Å²) in [5.41, 5.74) is 1.22. The van der Waals surface area contributed by atoms with Gasteiger partial charge in [-0.2, -0.15) is 0 Å². The van der Waals surface area contributed by atoms with E-state index in [-0.39, 0.29) is 5.75 Å². The Kier molecular flexibility index (Phi) is 7.21. The highest BCUT2D eigenvalue weighted by Crippen LogP contribution is 2.26. The maximum Gasteiger partial charge on any atom is 0.331 e. The summed E-state index contributed by atoms with van der Waals surface area (Å²) in [4.78, 5) is 27.9. The molecule has 6 nitrogen and oxygen atoms in total. The average molecular weight is 409 g/mol. The molecule has 1 aromatic carbocycles. The number of halogens is 2. The highest BCUT2D eigenvalue weighted by Gasteiger charge is 2.20. The van der Waals surface area contributed by atoms with Crippen LogP contribution in [0, 0.1) is 0 Å². The van der Waals surface area contributed by atoms with Gasteiger partial charge in [-0.05, 0) is 49.2 Å². The first-order valence-electron chi connectivity index (χ1n) is 8.04. The quantitative estimate of drug-likeness (QED) is 0.558. The summed E-state index contributed by atoms with van der Waals surface area (Å²) in [6, 6.07) is 6.03. The number of rotatable bonds is 6. The van der Waals surface area contributed by atoms with E-state index in [9.17, 15) is 14.7 Å². The van der Waals surface area contributed by atoms with E-state index in [1.165, 1.54) is 31.5 Å². The van der Waals surface area contributed by atoms with Crippen LogP contribution in [-0.4, -0.2) is 28.1 Å². The van der Waals surface area contributed by atoms with E-state index in [1.807, 2.05) is 0 Å². The van der Waals surface area contributed by atoms with Gasteiger partial charge >= 0.3 is 5.97 Å². The number of carbonyl (C=O) groups excluding carboxylic acids is 2. The van der Waals surface area contributed by atoms with Crippen LogP contribution in [0.25, 0.3) is 6.08 Å². The smallest absolute Gasteiger partial charge is 0.331 e. The normalized spacial score (nSPS) is 13.2. The van der Waals surface area contributed by atoms with E-state index >= 15 is 0 Å². The number of carbonyl (C=O) groups is 2. The van der Waals surface area contributed by atoms with Crippen molar-refractivity contribution in [2.75, 3.05) is 0 Å². The van der Waals surface area contributed by atoms with Crippen LogP contribution in [-0.2, 0) is 14.3 Å². The lowest BCUT2D eigenvalue weighted by molar-refractivity contribution is -0.150. The standard InChI is InChI=1S/C19H18Cl2N2O4/c1-11(16-5-4-14(20)8-17(16)21)23-19(26)12(2)27-18(25)6-3-13-7-15(24)10-22-9-13/h3-12,24H,1-2H3,(H,23,26)/b6-3+. The molecule has 0 saturated carbocycles. The molecular weight excluding hydrogens is 391 g/mol. The Hall–Kier alpha value is -2.57. The van der Waals surface area contributed by atoms with Crippen LogP contribution in [0.3, 0.4) is 0 Å². The first-order chi connectivity index (χ1) is 12.8. The second-order valence-corrected chi connectivity index (χ2v) is 6.63. The second-order valence-electron chi connectivity index (χ2n) is 5.79. The Morgan fingerprint density at radius 2 is 1.96 bits per heavy atom. The van der Waals surface area contributed by atoms with Crippen molar-refractivity contribution in [3.8, 4) is 5.75 Å². The number of benzene rings is 1. The van der Waals surface area contributed by atoms with Crippen molar-refractivity contribution in [3.05, 3.63) is 63.9 Å². The zero-order chi connectivity index (χ0) is 20.0. The van der Waals surface area contributed by atoms with Crippen LogP contribution in [0.4, 0.5) is 0 Å².